The predicted molar refractivity (Wildman–Crippen MR) is 136 cm³/mol. The van der Waals surface area contributed by atoms with Crippen LogP contribution in [0.15, 0.2) is 56.7 Å². The van der Waals surface area contributed by atoms with Crippen LogP contribution in [0, 0.1) is 6.92 Å². The second-order valence-electron chi connectivity index (χ2n) is 9.15. The highest BCUT2D eigenvalue weighted by molar-refractivity contribution is 9.10. The lowest BCUT2D eigenvalue weighted by Crippen LogP contribution is -2.39. The fourth-order valence-corrected chi connectivity index (χ4v) is 4.86. The number of aromatic nitrogens is 2. The molecule has 11 nitrogen and oxygen atoms in total. The van der Waals surface area contributed by atoms with Gasteiger partial charge in [-0.1, -0.05) is 22.0 Å². The van der Waals surface area contributed by atoms with E-state index in [2.05, 4.69) is 26.0 Å². The number of nitrogens with zero attached hydrogens (tertiary/aromatic N) is 1. The van der Waals surface area contributed by atoms with Gasteiger partial charge in [0, 0.05) is 16.2 Å². The number of ether oxygens (including phenoxy) is 2. The lowest BCUT2D eigenvalue weighted by molar-refractivity contribution is -0.156. The molecule has 0 radical (unpaired) electrons. The number of hydrogen-bond acceptors (Lipinski definition) is 8. The standard InChI is InChI=1S/C23H29BrN3O8P/c1-14-12-27(22(30)25-20(14)28)19-11-10-18(33-19)13-32-36(31,35-17-8-6-16(24)7-9-17)26-15(2)21(29)34-23(3,4)5/h6-12,15,18-19H,13H2,1-5H3,(H,26,31)(H,25,28,30)/t15-,18-,19+,36?/m0/s1. The molecule has 36 heavy (non-hydrogen) atoms. The van der Waals surface area contributed by atoms with Gasteiger partial charge in [0.05, 0.1) is 6.61 Å². The molecule has 0 aliphatic carbocycles. The summed E-state index contributed by atoms with van der Waals surface area (Å²) in [6.45, 7) is 8.01. The Bertz CT molecular complexity index is 1280. The van der Waals surface area contributed by atoms with E-state index in [4.69, 9.17) is 18.5 Å². The first kappa shape index (κ1) is 28.1. The third-order valence-corrected chi connectivity index (χ3v) is 6.96. The topological polar surface area (TPSA) is 138 Å². The smallest absolute Gasteiger partial charge is 0.459 e. The Hall–Kier alpha value is -2.50. The monoisotopic (exact) mass is 585 g/mol. The number of H-pyrrole nitrogens is 1. The van der Waals surface area contributed by atoms with Gasteiger partial charge in [0.15, 0.2) is 6.23 Å². The zero-order valence-electron chi connectivity index (χ0n) is 20.5. The van der Waals surface area contributed by atoms with Crippen LogP contribution in [0.1, 0.15) is 39.5 Å². The molecule has 2 aromatic rings. The number of esters is 1. The molecule has 0 amide bonds. The van der Waals surface area contributed by atoms with Crippen LogP contribution in [0.5, 0.6) is 5.75 Å². The largest absolute Gasteiger partial charge is 0.459 e. The molecule has 13 heteroatoms. The van der Waals surface area contributed by atoms with Gasteiger partial charge < -0.3 is 14.0 Å². The van der Waals surface area contributed by atoms with E-state index in [0.29, 0.717) is 5.56 Å². The predicted octanol–water partition coefficient (Wildman–Crippen LogP) is 3.58. The van der Waals surface area contributed by atoms with Gasteiger partial charge in [-0.2, -0.15) is 5.09 Å². The molecule has 0 saturated heterocycles. The van der Waals surface area contributed by atoms with E-state index in [1.165, 1.54) is 17.7 Å². The lowest BCUT2D eigenvalue weighted by atomic mass is 10.2. The first-order valence-corrected chi connectivity index (χ1v) is 13.4. The molecular formula is C23H29BrN3O8P. The molecular weight excluding hydrogens is 557 g/mol. The van der Waals surface area contributed by atoms with Crippen molar-refractivity contribution in [2.45, 2.75) is 58.6 Å². The summed E-state index contributed by atoms with van der Waals surface area (Å²) >= 11 is 3.33. The van der Waals surface area contributed by atoms with E-state index in [-0.39, 0.29) is 12.4 Å². The molecule has 0 fully saturated rings. The number of aryl methyl sites for hydroxylation is 1. The highest BCUT2D eigenvalue weighted by atomic mass is 79.9. The minimum Gasteiger partial charge on any atom is -0.459 e. The van der Waals surface area contributed by atoms with Crippen molar-refractivity contribution >= 4 is 29.6 Å². The van der Waals surface area contributed by atoms with Gasteiger partial charge in [-0.3, -0.25) is 23.7 Å². The number of halogens is 1. The van der Waals surface area contributed by atoms with E-state index >= 15 is 0 Å². The number of carbonyl (C=O) groups excluding carboxylic acids is 1. The van der Waals surface area contributed by atoms with Gasteiger partial charge in [0.1, 0.15) is 23.5 Å². The summed E-state index contributed by atoms with van der Waals surface area (Å²) in [5, 5.41) is 2.62. The van der Waals surface area contributed by atoms with Crippen molar-refractivity contribution in [1.29, 1.82) is 0 Å². The van der Waals surface area contributed by atoms with Gasteiger partial charge in [0.2, 0.25) is 0 Å². The number of rotatable bonds is 9. The Morgan fingerprint density at radius 2 is 1.92 bits per heavy atom. The highest BCUT2D eigenvalue weighted by Crippen LogP contribution is 2.45. The zero-order valence-corrected chi connectivity index (χ0v) is 23.0. The van der Waals surface area contributed by atoms with E-state index < -0.39 is 48.9 Å². The number of carbonyl (C=O) groups is 1. The summed E-state index contributed by atoms with van der Waals surface area (Å²) in [5.41, 5.74) is -1.49. The van der Waals surface area contributed by atoms with Gasteiger partial charge in [-0.25, -0.2) is 9.36 Å². The van der Waals surface area contributed by atoms with E-state index in [1.54, 1.807) is 64.1 Å². The Labute approximate surface area is 216 Å². The Morgan fingerprint density at radius 1 is 1.25 bits per heavy atom. The van der Waals surface area contributed by atoms with Crippen molar-refractivity contribution in [2.24, 2.45) is 0 Å². The minimum atomic E-state index is -4.10. The molecule has 3 rings (SSSR count). The normalized spacial score (nSPS) is 20.1. The second kappa shape index (κ2) is 11.3. The average molecular weight is 586 g/mol. The summed E-state index contributed by atoms with van der Waals surface area (Å²) in [6, 6.07) is 5.57. The maximum Gasteiger partial charge on any atom is 0.459 e. The van der Waals surface area contributed by atoms with Gasteiger partial charge in [-0.15, -0.1) is 0 Å². The van der Waals surface area contributed by atoms with Crippen molar-refractivity contribution in [3.05, 3.63) is 73.5 Å². The van der Waals surface area contributed by atoms with Crippen molar-refractivity contribution in [2.75, 3.05) is 6.61 Å². The molecule has 196 valence electrons. The summed E-state index contributed by atoms with van der Waals surface area (Å²) in [7, 11) is -4.10. The number of nitrogens with one attached hydrogen (secondary N) is 2. The summed E-state index contributed by atoms with van der Waals surface area (Å²) < 4.78 is 38.1. The van der Waals surface area contributed by atoms with Crippen LogP contribution in [0.2, 0.25) is 0 Å². The van der Waals surface area contributed by atoms with Crippen LogP contribution >= 0.6 is 23.7 Å². The van der Waals surface area contributed by atoms with Crippen LogP contribution < -0.4 is 20.9 Å². The van der Waals surface area contributed by atoms with Crippen molar-refractivity contribution in [3.63, 3.8) is 0 Å². The molecule has 2 N–H and O–H groups in total. The van der Waals surface area contributed by atoms with Crippen molar-refractivity contribution in [1.82, 2.24) is 14.6 Å². The molecule has 1 aromatic heterocycles. The summed E-state index contributed by atoms with van der Waals surface area (Å²) in [4.78, 5) is 38.5. The Balaban J connectivity index is 1.72. The molecule has 2 heterocycles. The quantitative estimate of drug-likeness (QED) is 0.257. The number of benzene rings is 1. The van der Waals surface area contributed by atoms with E-state index in [0.717, 1.165) is 4.47 Å². The third kappa shape index (κ3) is 7.75. The molecule has 1 aliphatic heterocycles. The van der Waals surface area contributed by atoms with Gasteiger partial charge in [-0.05, 0) is 65.0 Å². The Morgan fingerprint density at radius 3 is 2.56 bits per heavy atom. The molecule has 1 aromatic carbocycles. The van der Waals surface area contributed by atoms with Crippen LogP contribution in [0.4, 0.5) is 0 Å². The molecule has 0 saturated carbocycles. The van der Waals surface area contributed by atoms with Crippen molar-refractivity contribution in [3.8, 4) is 5.75 Å². The lowest BCUT2D eigenvalue weighted by Gasteiger charge is -2.26. The van der Waals surface area contributed by atoms with E-state index in [9.17, 15) is 18.9 Å². The maximum absolute atomic E-state index is 13.6. The van der Waals surface area contributed by atoms with Crippen LogP contribution in [-0.4, -0.2) is 39.9 Å². The Kier molecular flexibility index (Phi) is 8.79. The number of aromatic amines is 1. The van der Waals surface area contributed by atoms with Gasteiger partial charge in [0.25, 0.3) is 5.56 Å². The SMILES string of the molecule is Cc1cn([C@H]2C=C[C@@H](COP(=O)(N[C@@H](C)C(=O)OC(C)(C)C)Oc3ccc(Br)cc3)O2)c(=O)[nH]c1=O. The zero-order chi connectivity index (χ0) is 26.7. The van der Waals surface area contributed by atoms with Crippen LogP contribution in [-0.2, 0) is 23.4 Å². The summed E-state index contributed by atoms with van der Waals surface area (Å²) in [6.07, 6.45) is 3.17. The first-order chi connectivity index (χ1) is 16.7. The van der Waals surface area contributed by atoms with Crippen LogP contribution in [0.3, 0.4) is 0 Å². The number of hydrogen-bond donors (Lipinski definition) is 2. The molecule has 0 bridgehead atoms. The van der Waals surface area contributed by atoms with E-state index in [1.807, 2.05) is 0 Å². The molecule has 1 aliphatic rings. The minimum absolute atomic E-state index is 0.216. The highest BCUT2D eigenvalue weighted by Gasteiger charge is 2.35. The molecule has 4 atom stereocenters. The second-order valence-corrected chi connectivity index (χ2v) is 11.8. The van der Waals surface area contributed by atoms with Crippen molar-refractivity contribution < 1.29 is 27.9 Å². The third-order valence-electron chi connectivity index (χ3n) is 4.78. The van der Waals surface area contributed by atoms with Gasteiger partial charge >= 0.3 is 19.4 Å². The fraction of sp³-hybridized carbons (Fsp3) is 0.435. The first-order valence-electron chi connectivity index (χ1n) is 11.1. The fourth-order valence-electron chi connectivity index (χ4n) is 3.09. The molecule has 0 spiro atoms. The van der Waals surface area contributed by atoms with Crippen LogP contribution in [0.25, 0.3) is 0 Å². The maximum atomic E-state index is 13.6. The summed E-state index contributed by atoms with van der Waals surface area (Å²) in [5.74, 6) is -0.378. The molecule has 1 unspecified atom stereocenters. The average Bonchev–Trinajstić information content (AvgIpc) is 3.24.